The molecule has 0 spiro atoms. The van der Waals surface area contributed by atoms with Gasteiger partial charge in [0.1, 0.15) is 0 Å². The maximum atomic E-state index is 9.51. The highest BCUT2D eigenvalue weighted by atomic mass is 16.3. The van der Waals surface area contributed by atoms with Crippen LogP contribution in [0.2, 0.25) is 0 Å². The fraction of sp³-hybridized carbons (Fsp3) is 1.00. The number of aliphatic hydroxyl groups excluding tert-OH is 1. The van der Waals surface area contributed by atoms with Crippen LogP contribution in [0, 0.1) is 5.92 Å². The minimum atomic E-state index is -0.0980. The summed E-state index contributed by atoms with van der Waals surface area (Å²) in [4.78, 5) is 0. The van der Waals surface area contributed by atoms with E-state index in [1.54, 1.807) is 0 Å². The summed E-state index contributed by atoms with van der Waals surface area (Å²) >= 11 is 0. The SMILES string of the molecule is CCNCCCCCC(O)C(C)C. The molecule has 0 bridgehead atoms. The average molecular weight is 187 g/mol. The quantitative estimate of drug-likeness (QED) is 0.571. The highest BCUT2D eigenvalue weighted by molar-refractivity contribution is 4.59. The summed E-state index contributed by atoms with van der Waals surface area (Å²) < 4.78 is 0. The normalized spacial score (nSPS) is 13.6. The summed E-state index contributed by atoms with van der Waals surface area (Å²) in [7, 11) is 0. The minimum Gasteiger partial charge on any atom is -0.393 e. The molecule has 0 amide bonds. The molecule has 1 unspecified atom stereocenters. The minimum absolute atomic E-state index is 0.0980. The second-order valence-corrected chi connectivity index (χ2v) is 4.01. The Morgan fingerprint density at radius 3 is 2.38 bits per heavy atom. The molecule has 0 heterocycles. The van der Waals surface area contributed by atoms with E-state index in [2.05, 4.69) is 26.1 Å². The van der Waals surface area contributed by atoms with Gasteiger partial charge in [0.05, 0.1) is 6.10 Å². The predicted molar refractivity (Wildman–Crippen MR) is 57.9 cm³/mol. The van der Waals surface area contributed by atoms with Crippen molar-refractivity contribution in [3.05, 3.63) is 0 Å². The third-order valence-corrected chi connectivity index (χ3v) is 2.37. The predicted octanol–water partition coefficient (Wildman–Crippen LogP) is 2.17. The van der Waals surface area contributed by atoms with E-state index in [0.29, 0.717) is 5.92 Å². The Morgan fingerprint density at radius 1 is 1.15 bits per heavy atom. The molecule has 80 valence electrons. The first-order chi connectivity index (χ1) is 6.18. The van der Waals surface area contributed by atoms with Gasteiger partial charge >= 0.3 is 0 Å². The van der Waals surface area contributed by atoms with Crippen molar-refractivity contribution in [2.45, 2.75) is 52.6 Å². The highest BCUT2D eigenvalue weighted by Gasteiger charge is 2.07. The number of hydrogen-bond acceptors (Lipinski definition) is 2. The molecule has 0 aromatic heterocycles. The summed E-state index contributed by atoms with van der Waals surface area (Å²) in [6.45, 7) is 8.46. The molecule has 0 aliphatic carbocycles. The topological polar surface area (TPSA) is 32.3 Å². The first-order valence-electron chi connectivity index (χ1n) is 5.57. The lowest BCUT2D eigenvalue weighted by Gasteiger charge is -2.13. The maximum Gasteiger partial charge on any atom is 0.0563 e. The smallest absolute Gasteiger partial charge is 0.0563 e. The van der Waals surface area contributed by atoms with E-state index < -0.39 is 0 Å². The van der Waals surface area contributed by atoms with Crippen molar-refractivity contribution in [3.63, 3.8) is 0 Å². The molecule has 2 nitrogen and oxygen atoms in total. The van der Waals surface area contributed by atoms with Gasteiger partial charge < -0.3 is 10.4 Å². The molecule has 2 heteroatoms. The molecular formula is C11H25NO. The van der Waals surface area contributed by atoms with Crippen molar-refractivity contribution in [3.8, 4) is 0 Å². The van der Waals surface area contributed by atoms with Gasteiger partial charge in [-0.1, -0.05) is 33.6 Å². The Bertz CT molecular complexity index is 104. The number of hydrogen-bond donors (Lipinski definition) is 2. The van der Waals surface area contributed by atoms with Gasteiger partial charge in [-0.2, -0.15) is 0 Å². The lowest BCUT2D eigenvalue weighted by Crippen LogP contribution is -2.15. The molecular weight excluding hydrogens is 162 g/mol. The maximum absolute atomic E-state index is 9.51. The lowest BCUT2D eigenvalue weighted by molar-refractivity contribution is 0.113. The van der Waals surface area contributed by atoms with Crippen molar-refractivity contribution in [2.24, 2.45) is 5.92 Å². The Morgan fingerprint density at radius 2 is 1.85 bits per heavy atom. The van der Waals surface area contributed by atoms with Crippen LogP contribution in [-0.4, -0.2) is 24.3 Å². The van der Waals surface area contributed by atoms with Crippen molar-refractivity contribution < 1.29 is 5.11 Å². The summed E-state index contributed by atoms with van der Waals surface area (Å²) in [6, 6.07) is 0. The fourth-order valence-electron chi connectivity index (χ4n) is 1.29. The molecule has 0 aliphatic heterocycles. The zero-order valence-corrected chi connectivity index (χ0v) is 9.34. The van der Waals surface area contributed by atoms with Gasteiger partial charge in [0.25, 0.3) is 0 Å². The van der Waals surface area contributed by atoms with Crippen LogP contribution in [0.3, 0.4) is 0 Å². The average Bonchev–Trinajstić information content (AvgIpc) is 2.10. The van der Waals surface area contributed by atoms with E-state index in [9.17, 15) is 5.11 Å². The summed E-state index contributed by atoms with van der Waals surface area (Å²) in [5.41, 5.74) is 0. The van der Waals surface area contributed by atoms with Gasteiger partial charge in [0.2, 0.25) is 0 Å². The van der Waals surface area contributed by atoms with Crippen LogP contribution in [-0.2, 0) is 0 Å². The van der Waals surface area contributed by atoms with Gasteiger partial charge in [-0.25, -0.2) is 0 Å². The van der Waals surface area contributed by atoms with Gasteiger partial charge in [-0.15, -0.1) is 0 Å². The second-order valence-electron chi connectivity index (χ2n) is 4.01. The van der Waals surface area contributed by atoms with Crippen molar-refractivity contribution >= 4 is 0 Å². The zero-order chi connectivity index (χ0) is 10.1. The molecule has 0 saturated carbocycles. The lowest BCUT2D eigenvalue weighted by atomic mass is 10.0. The fourth-order valence-corrected chi connectivity index (χ4v) is 1.29. The largest absolute Gasteiger partial charge is 0.393 e. The Balaban J connectivity index is 3.07. The number of rotatable bonds is 8. The van der Waals surface area contributed by atoms with Crippen LogP contribution in [0.25, 0.3) is 0 Å². The number of nitrogens with one attached hydrogen (secondary N) is 1. The van der Waals surface area contributed by atoms with Crippen LogP contribution in [0.15, 0.2) is 0 Å². The molecule has 0 aromatic rings. The third-order valence-electron chi connectivity index (χ3n) is 2.37. The molecule has 13 heavy (non-hydrogen) atoms. The Kier molecular flexibility index (Phi) is 8.46. The van der Waals surface area contributed by atoms with E-state index in [0.717, 1.165) is 25.9 Å². The third kappa shape index (κ3) is 8.26. The van der Waals surface area contributed by atoms with Crippen molar-refractivity contribution in [1.82, 2.24) is 5.32 Å². The van der Waals surface area contributed by atoms with Crippen molar-refractivity contribution in [1.29, 1.82) is 0 Å². The van der Waals surface area contributed by atoms with E-state index in [-0.39, 0.29) is 6.10 Å². The van der Waals surface area contributed by atoms with Crippen molar-refractivity contribution in [2.75, 3.05) is 13.1 Å². The van der Waals surface area contributed by atoms with Crippen LogP contribution in [0.1, 0.15) is 46.5 Å². The van der Waals surface area contributed by atoms with Crippen LogP contribution < -0.4 is 5.32 Å². The summed E-state index contributed by atoms with van der Waals surface area (Å²) in [6.07, 6.45) is 4.49. The van der Waals surface area contributed by atoms with E-state index in [1.165, 1.54) is 12.8 Å². The molecule has 0 fully saturated rings. The van der Waals surface area contributed by atoms with Crippen LogP contribution in [0.5, 0.6) is 0 Å². The second kappa shape index (κ2) is 8.52. The van der Waals surface area contributed by atoms with Gasteiger partial charge in [0, 0.05) is 0 Å². The molecule has 0 aromatic carbocycles. The van der Waals surface area contributed by atoms with E-state index >= 15 is 0 Å². The number of unbranched alkanes of at least 4 members (excludes halogenated alkanes) is 2. The molecule has 1 atom stereocenters. The van der Waals surface area contributed by atoms with Gasteiger partial charge in [-0.05, 0) is 31.8 Å². The van der Waals surface area contributed by atoms with Gasteiger partial charge in [0.15, 0.2) is 0 Å². The Hall–Kier alpha value is -0.0800. The summed E-state index contributed by atoms with van der Waals surface area (Å²) in [5.74, 6) is 0.411. The van der Waals surface area contributed by atoms with Gasteiger partial charge in [-0.3, -0.25) is 0 Å². The molecule has 2 N–H and O–H groups in total. The molecule has 0 aliphatic rings. The van der Waals surface area contributed by atoms with Crippen LogP contribution in [0.4, 0.5) is 0 Å². The van der Waals surface area contributed by atoms with Crippen LogP contribution >= 0.6 is 0 Å². The van der Waals surface area contributed by atoms with E-state index in [1.807, 2.05) is 0 Å². The first-order valence-corrected chi connectivity index (χ1v) is 5.57. The van der Waals surface area contributed by atoms with E-state index in [4.69, 9.17) is 0 Å². The molecule has 0 radical (unpaired) electrons. The highest BCUT2D eigenvalue weighted by Crippen LogP contribution is 2.10. The number of aliphatic hydroxyl groups is 1. The monoisotopic (exact) mass is 187 g/mol. The zero-order valence-electron chi connectivity index (χ0n) is 9.34. The Labute approximate surface area is 82.7 Å². The first kappa shape index (κ1) is 12.9. The molecule has 0 saturated heterocycles. The molecule has 0 rings (SSSR count). The standard InChI is InChI=1S/C11H25NO/c1-4-12-9-7-5-6-8-11(13)10(2)3/h10-13H,4-9H2,1-3H3. The summed E-state index contributed by atoms with van der Waals surface area (Å²) in [5, 5.41) is 12.8.